The normalized spacial score (nSPS) is 10.9. The molecule has 0 unspecified atom stereocenters. The number of amides is 1. The van der Waals surface area contributed by atoms with Gasteiger partial charge in [0.25, 0.3) is 0 Å². The standard InChI is InChI=1S/C12H17FN2O4S/c1-3-19-12(16)14-8-9-15(20(2,17)18)11-6-4-10(13)5-7-11/h4-7H,3,8-9H2,1-2H3,(H,14,16). The lowest BCUT2D eigenvalue weighted by atomic mass is 10.3. The van der Waals surface area contributed by atoms with Crippen molar-refractivity contribution in [2.45, 2.75) is 6.92 Å². The van der Waals surface area contributed by atoms with Crippen molar-refractivity contribution >= 4 is 21.8 Å². The summed E-state index contributed by atoms with van der Waals surface area (Å²) in [6, 6.07) is 5.07. The third-order valence-electron chi connectivity index (χ3n) is 2.37. The van der Waals surface area contributed by atoms with Crippen LogP contribution in [0.25, 0.3) is 0 Å². The van der Waals surface area contributed by atoms with Gasteiger partial charge in [-0.25, -0.2) is 17.6 Å². The summed E-state index contributed by atoms with van der Waals surface area (Å²) < 4.78 is 42.0. The maximum atomic E-state index is 12.8. The van der Waals surface area contributed by atoms with Gasteiger partial charge in [-0.3, -0.25) is 4.31 Å². The minimum Gasteiger partial charge on any atom is -0.450 e. The summed E-state index contributed by atoms with van der Waals surface area (Å²) in [5.41, 5.74) is 0.333. The number of hydrogen-bond acceptors (Lipinski definition) is 4. The van der Waals surface area contributed by atoms with Crippen LogP contribution in [0, 0.1) is 5.82 Å². The fourth-order valence-corrected chi connectivity index (χ4v) is 2.46. The topological polar surface area (TPSA) is 75.7 Å². The third kappa shape index (κ3) is 5.04. The molecule has 0 saturated heterocycles. The van der Waals surface area contributed by atoms with Crippen LogP contribution in [0.4, 0.5) is 14.9 Å². The molecule has 0 fully saturated rings. The van der Waals surface area contributed by atoms with E-state index in [0.29, 0.717) is 5.69 Å². The summed E-state index contributed by atoms with van der Waals surface area (Å²) in [7, 11) is -3.52. The summed E-state index contributed by atoms with van der Waals surface area (Å²) in [5.74, 6) is -0.452. The first-order chi connectivity index (χ1) is 9.34. The molecule has 0 heterocycles. The van der Waals surface area contributed by atoms with Gasteiger partial charge in [-0.05, 0) is 31.2 Å². The van der Waals surface area contributed by atoms with Crippen LogP contribution in [0.3, 0.4) is 0 Å². The average Bonchev–Trinajstić information content (AvgIpc) is 2.35. The Morgan fingerprint density at radius 3 is 2.45 bits per heavy atom. The van der Waals surface area contributed by atoms with E-state index in [1.54, 1.807) is 6.92 Å². The summed E-state index contributed by atoms with van der Waals surface area (Å²) in [6.45, 7) is 2.02. The van der Waals surface area contributed by atoms with E-state index in [1.807, 2.05) is 0 Å². The van der Waals surface area contributed by atoms with Gasteiger partial charge in [-0.1, -0.05) is 0 Å². The fraction of sp³-hybridized carbons (Fsp3) is 0.417. The van der Waals surface area contributed by atoms with Crippen LogP contribution in [0.5, 0.6) is 0 Å². The second kappa shape index (κ2) is 7.09. The lowest BCUT2D eigenvalue weighted by Gasteiger charge is -2.22. The smallest absolute Gasteiger partial charge is 0.407 e. The summed E-state index contributed by atoms with van der Waals surface area (Å²) in [6.07, 6.45) is 0.431. The number of rotatable bonds is 6. The molecule has 1 aromatic carbocycles. The maximum Gasteiger partial charge on any atom is 0.407 e. The highest BCUT2D eigenvalue weighted by atomic mass is 32.2. The molecule has 1 amide bonds. The number of alkyl carbamates (subject to hydrolysis) is 1. The first kappa shape index (κ1) is 16.2. The van der Waals surface area contributed by atoms with E-state index < -0.39 is 21.9 Å². The first-order valence-corrected chi connectivity index (χ1v) is 7.83. The number of sulfonamides is 1. The molecule has 0 saturated carbocycles. The summed E-state index contributed by atoms with van der Waals surface area (Å²) in [5, 5.41) is 2.43. The van der Waals surface area contributed by atoms with Gasteiger partial charge in [0.1, 0.15) is 5.82 Å². The van der Waals surface area contributed by atoms with Crippen molar-refractivity contribution in [1.29, 1.82) is 0 Å². The Morgan fingerprint density at radius 2 is 1.95 bits per heavy atom. The Labute approximate surface area is 117 Å². The fourth-order valence-electron chi connectivity index (χ4n) is 1.54. The maximum absolute atomic E-state index is 12.8. The molecular weight excluding hydrogens is 287 g/mol. The van der Waals surface area contributed by atoms with Crippen LogP contribution < -0.4 is 9.62 Å². The van der Waals surface area contributed by atoms with E-state index in [4.69, 9.17) is 0 Å². The van der Waals surface area contributed by atoms with Gasteiger partial charge in [0.2, 0.25) is 10.0 Å². The van der Waals surface area contributed by atoms with Gasteiger partial charge >= 0.3 is 6.09 Å². The van der Waals surface area contributed by atoms with Crippen molar-refractivity contribution in [1.82, 2.24) is 5.32 Å². The van der Waals surface area contributed by atoms with Crippen molar-refractivity contribution < 1.29 is 22.3 Å². The van der Waals surface area contributed by atoms with Crippen LogP contribution in [-0.4, -0.2) is 40.5 Å². The zero-order chi connectivity index (χ0) is 15.2. The van der Waals surface area contributed by atoms with Crippen LogP contribution in [-0.2, 0) is 14.8 Å². The van der Waals surface area contributed by atoms with E-state index in [0.717, 1.165) is 10.6 Å². The predicted octanol–water partition coefficient (Wildman–Crippen LogP) is 1.34. The molecule has 0 spiro atoms. The van der Waals surface area contributed by atoms with Crippen molar-refractivity contribution in [3.8, 4) is 0 Å². The summed E-state index contributed by atoms with van der Waals surface area (Å²) >= 11 is 0. The number of hydrogen-bond donors (Lipinski definition) is 1. The number of ether oxygens (including phenoxy) is 1. The number of anilines is 1. The molecule has 1 aromatic rings. The number of benzene rings is 1. The Kier molecular flexibility index (Phi) is 5.75. The van der Waals surface area contributed by atoms with Crippen molar-refractivity contribution in [2.75, 3.05) is 30.3 Å². The Balaban J connectivity index is 2.72. The number of carbonyl (C=O) groups excluding carboxylic acids is 1. The molecule has 112 valence electrons. The molecule has 0 bridgehead atoms. The van der Waals surface area contributed by atoms with Gasteiger partial charge < -0.3 is 10.1 Å². The van der Waals surface area contributed by atoms with Crippen LogP contribution in [0.2, 0.25) is 0 Å². The SMILES string of the molecule is CCOC(=O)NCCN(c1ccc(F)cc1)S(C)(=O)=O. The zero-order valence-electron chi connectivity index (χ0n) is 11.3. The molecule has 0 aliphatic rings. The second-order valence-corrected chi connectivity index (χ2v) is 5.87. The highest BCUT2D eigenvalue weighted by Crippen LogP contribution is 2.17. The van der Waals surface area contributed by atoms with Gasteiger partial charge in [-0.2, -0.15) is 0 Å². The Hall–Kier alpha value is -1.83. The molecule has 1 rings (SSSR count). The monoisotopic (exact) mass is 304 g/mol. The second-order valence-electron chi connectivity index (χ2n) is 3.96. The molecular formula is C12H17FN2O4S. The molecule has 0 radical (unpaired) electrons. The number of carbonyl (C=O) groups is 1. The van der Waals surface area contributed by atoms with Crippen LogP contribution in [0.1, 0.15) is 6.92 Å². The van der Waals surface area contributed by atoms with E-state index >= 15 is 0 Å². The molecule has 0 aliphatic carbocycles. The van der Waals surface area contributed by atoms with Gasteiger partial charge in [0, 0.05) is 6.54 Å². The quantitative estimate of drug-likeness (QED) is 0.860. The highest BCUT2D eigenvalue weighted by Gasteiger charge is 2.17. The van der Waals surface area contributed by atoms with E-state index in [9.17, 15) is 17.6 Å². The molecule has 20 heavy (non-hydrogen) atoms. The highest BCUT2D eigenvalue weighted by molar-refractivity contribution is 7.92. The van der Waals surface area contributed by atoms with E-state index in [-0.39, 0.29) is 19.7 Å². The van der Waals surface area contributed by atoms with Crippen LogP contribution in [0.15, 0.2) is 24.3 Å². The first-order valence-electron chi connectivity index (χ1n) is 5.98. The van der Waals surface area contributed by atoms with Crippen LogP contribution >= 0.6 is 0 Å². The Morgan fingerprint density at radius 1 is 1.35 bits per heavy atom. The predicted molar refractivity (Wildman–Crippen MR) is 73.6 cm³/mol. The van der Waals surface area contributed by atoms with Crippen molar-refractivity contribution in [3.05, 3.63) is 30.1 Å². The molecule has 1 N–H and O–H groups in total. The van der Waals surface area contributed by atoms with E-state index in [2.05, 4.69) is 10.1 Å². The molecule has 6 nitrogen and oxygen atoms in total. The number of halogens is 1. The van der Waals surface area contributed by atoms with Crippen molar-refractivity contribution in [3.63, 3.8) is 0 Å². The van der Waals surface area contributed by atoms with Crippen molar-refractivity contribution in [2.24, 2.45) is 0 Å². The molecule has 0 aliphatic heterocycles. The Bertz CT molecular complexity index is 545. The minimum absolute atomic E-state index is 0.0310. The molecule has 0 atom stereocenters. The number of nitrogens with one attached hydrogen (secondary N) is 1. The van der Waals surface area contributed by atoms with Gasteiger partial charge in [0.15, 0.2) is 0 Å². The lowest BCUT2D eigenvalue weighted by Crippen LogP contribution is -2.38. The van der Waals surface area contributed by atoms with Gasteiger partial charge in [0.05, 0.1) is 25.1 Å². The minimum atomic E-state index is -3.52. The average molecular weight is 304 g/mol. The summed E-state index contributed by atoms with van der Waals surface area (Å²) in [4.78, 5) is 11.1. The number of nitrogens with zero attached hydrogens (tertiary/aromatic N) is 1. The van der Waals surface area contributed by atoms with Gasteiger partial charge in [-0.15, -0.1) is 0 Å². The zero-order valence-corrected chi connectivity index (χ0v) is 12.1. The molecule has 0 aromatic heterocycles. The third-order valence-corrected chi connectivity index (χ3v) is 3.57. The largest absolute Gasteiger partial charge is 0.450 e. The lowest BCUT2D eigenvalue weighted by molar-refractivity contribution is 0.152. The van der Waals surface area contributed by atoms with E-state index in [1.165, 1.54) is 24.3 Å². The molecule has 8 heteroatoms.